The summed E-state index contributed by atoms with van der Waals surface area (Å²) in [5.74, 6) is 0. The zero-order chi connectivity index (χ0) is 16.7. The van der Waals surface area contributed by atoms with Gasteiger partial charge in [0, 0.05) is 24.0 Å². The lowest BCUT2D eigenvalue weighted by Crippen LogP contribution is -2.20. The van der Waals surface area contributed by atoms with Crippen molar-refractivity contribution < 1.29 is 23.0 Å². The van der Waals surface area contributed by atoms with Gasteiger partial charge in [-0.25, -0.2) is 4.98 Å². The summed E-state index contributed by atoms with van der Waals surface area (Å²) in [6.07, 6.45) is -4.32. The third-order valence-corrected chi connectivity index (χ3v) is 3.92. The van der Waals surface area contributed by atoms with Gasteiger partial charge in [-0.05, 0) is 12.1 Å². The van der Waals surface area contributed by atoms with Gasteiger partial charge in [0.05, 0.1) is 31.1 Å². The Bertz CT molecular complexity index is 600. The lowest BCUT2D eigenvalue weighted by atomic mass is 10.1. The molecule has 4 nitrogen and oxygen atoms in total. The van der Waals surface area contributed by atoms with Crippen LogP contribution in [0, 0.1) is 0 Å². The van der Waals surface area contributed by atoms with Crippen LogP contribution < -0.4 is 5.32 Å². The first-order valence-corrected chi connectivity index (χ1v) is 7.90. The predicted molar refractivity (Wildman–Crippen MR) is 82.2 cm³/mol. The molecule has 0 saturated carbocycles. The molecule has 0 atom stereocenters. The summed E-state index contributed by atoms with van der Waals surface area (Å²) in [4.78, 5) is 4.40. The van der Waals surface area contributed by atoms with E-state index in [9.17, 15) is 13.2 Å². The number of halogens is 3. The normalized spacial score (nSPS) is 11.8. The Balaban J connectivity index is 1.86. The van der Waals surface area contributed by atoms with Gasteiger partial charge in [0.2, 0.25) is 0 Å². The van der Waals surface area contributed by atoms with E-state index in [0.29, 0.717) is 36.9 Å². The summed E-state index contributed by atoms with van der Waals surface area (Å²) in [6.45, 7) is 2.00. The van der Waals surface area contributed by atoms with E-state index in [4.69, 9.17) is 9.84 Å². The van der Waals surface area contributed by atoms with Gasteiger partial charge in [-0.15, -0.1) is 11.3 Å². The molecule has 0 aliphatic heterocycles. The highest BCUT2D eigenvalue weighted by molar-refractivity contribution is 7.13. The molecule has 0 fully saturated rings. The molecule has 0 radical (unpaired) electrons. The lowest BCUT2D eigenvalue weighted by molar-refractivity contribution is -0.137. The molecule has 0 unspecified atom stereocenters. The minimum atomic E-state index is -4.32. The quantitative estimate of drug-likeness (QED) is 0.722. The van der Waals surface area contributed by atoms with E-state index < -0.39 is 11.7 Å². The smallest absolute Gasteiger partial charge is 0.394 e. The van der Waals surface area contributed by atoms with E-state index in [1.54, 1.807) is 0 Å². The van der Waals surface area contributed by atoms with Gasteiger partial charge in [-0.2, -0.15) is 13.2 Å². The van der Waals surface area contributed by atoms with Crippen molar-refractivity contribution in [2.24, 2.45) is 0 Å². The molecule has 1 heterocycles. The van der Waals surface area contributed by atoms with Crippen LogP contribution in [0.15, 0.2) is 29.6 Å². The van der Waals surface area contributed by atoms with Crippen molar-refractivity contribution in [3.63, 3.8) is 0 Å². The van der Waals surface area contributed by atoms with Crippen LogP contribution in [-0.4, -0.2) is 36.5 Å². The molecule has 2 rings (SSSR count). The Hall–Kier alpha value is -1.48. The first-order valence-electron chi connectivity index (χ1n) is 7.02. The number of aliphatic hydroxyl groups excluding tert-OH is 1. The molecule has 0 spiro atoms. The highest BCUT2D eigenvalue weighted by Crippen LogP contribution is 2.31. The van der Waals surface area contributed by atoms with E-state index in [-0.39, 0.29) is 6.61 Å². The third-order valence-electron chi connectivity index (χ3n) is 2.98. The molecule has 2 N–H and O–H groups in total. The Morgan fingerprint density at radius 3 is 2.57 bits per heavy atom. The molecule has 0 saturated heterocycles. The molecule has 8 heteroatoms. The molecule has 1 aromatic heterocycles. The Labute approximate surface area is 135 Å². The molecule has 0 aliphatic carbocycles. The van der Waals surface area contributed by atoms with E-state index in [0.717, 1.165) is 17.8 Å². The number of nitrogens with one attached hydrogen (secondary N) is 1. The number of benzene rings is 1. The van der Waals surface area contributed by atoms with Crippen molar-refractivity contribution in [3.8, 4) is 10.6 Å². The number of hydrogen-bond donors (Lipinski definition) is 2. The van der Waals surface area contributed by atoms with E-state index >= 15 is 0 Å². The average molecular weight is 346 g/mol. The van der Waals surface area contributed by atoms with Crippen molar-refractivity contribution in [1.82, 2.24) is 10.3 Å². The van der Waals surface area contributed by atoms with Crippen LogP contribution in [-0.2, 0) is 17.5 Å². The highest BCUT2D eigenvalue weighted by atomic mass is 32.1. The first-order chi connectivity index (χ1) is 11.0. The molecule has 0 bridgehead atoms. The molecule has 23 heavy (non-hydrogen) atoms. The van der Waals surface area contributed by atoms with Crippen LogP contribution >= 0.6 is 11.3 Å². The van der Waals surface area contributed by atoms with Crippen LogP contribution in [0.1, 0.15) is 11.3 Å². The Morgan fingerprint density at radius 1 is 1.17 bits per heavy atom. The zero-order valence-electron chi connectivity index (χ0n) is 12.3. The van der Waals surface area contributed by atoms with Crippen molar-refractivity contribution >= 4 is 11.3 Å². The second-order valence-electron chi connectivity index (χ2n) is 4.73. The fourth-order valence-corrected chi connectivity index (χ4v) is 2.68. The number of ether oxygens (including phenoxy) is 1. The predicted octanol–water partition coefficient (Wildman–Crippen LogP) is 2.93. The summed E-state index contributed by atoms with van der Waals surface area (Å²) in [5, 5.41) is 14.3. The highest BCUT2D eigenvalue weighted by Gasteiger charge is 2.30. The summed E-state index contributed by atoms with van der Waals surface area (Å²) in [5.41, 5.74) is 0.829. The molecular formula is C15H17F3N2O2S. The molecule has 0 aliphatic rings. The number of alkyl halides is 3. The fraction of sp³-hybridized carbons (Fsp3) is 0.400. The minimum Gasteiger partial charge on any atom is -0.394 e. The SMILES string of the molecule is OCCOCCNCc1csc(-c2ccc(C(F)(F)F)cc2)n1. The number of aromatic nitrogens is 1. The number of thiazole rings is 1. The van der Waals surface area contributed by atoms with E-state index in [1.165, 1.54) is 23.5 Å². The van der Waals surface area contributed by atoms with Crippen LogP contribution in [0.2, 0.25) is 0 Å². The molecule has 2 aromatic rings. The van der Waals surface area contributed by atoms with Crippen LogP contribution in [0.5, 0.6) is 0 Å². The third kappa shape index (κ3) is 5.58. The van der Waals surface area contributed by atoms with Crippen LogP contribution in [0.3, 0.4) is 0 Å². The van der Waals surface area contributed by atoms with Gasteiger partial charge in [-0.3, -0.25) is 0 Å². The van der Waals surface area contributed by atoms with Gasteiger partial charge < -0.3 is 15.2 Å². The minimum absolute atomic E-state index is 0.00255. The summed E-state index contributed by atoms with van der Waals surface area (Å²) < 4.78 is 42.7. The number of nitrogens with zero attached hydrogens (tertiary/aromatic N) is 1. The van der Waals surface area contributed by atoms with Crippen molar-refractivity contribution in [2.45, 2.75) is 12.7 Å². The molecule has 0 amide bonds. The second-order valence-corrected chi connectivity index (χ2v) is 5.59. The maximum atomic E-state index is 12.5. The fourth-order valence-electron chi connectivity index (χ4n) is 1.85. The standard InChI is InChI=1S/C15H17F3N2O2S/c16-15(17,18)12-3-1-11(2-4-12)14-20-13(10-23-14)9-19-5-7-22-8-6-21/h1-4,10,19,21H,5-9H2. The van der Waals surface area contributed by atoms with E-state index in [2.05, 4.69) is 10.3 Å². The second kappa shape index (κ2) is 8.39. The van der Waals surface area contributed by atoms with Crippen molar-refractivity contribution in [3.05, 3.63) is 40.9 Å². The Kier molecular flexibility index (Phi) is 6.52. The van der Waals surface area contributed by atoms with Crippen LogP contribution in [0.4, 0.5) is 13.2 Å². The first kappa shape index (κ1) is 17.9. The maximum absolute atomic E-state index is 12.5. The zero-order valence-corrected chi connectivity index (χ0v) is 13.1. The van der Waals surface area contributed by atoms with E-state index in [1.807, 2.05) is 5.38 Å². The Morgan fingerprint density at radius 2 is 1.91 bits per heavy atom. The van der Waals surface area contributed by atoms with Gasteiger partial charge in [-0.1, -0.05) is 12.1 Å². The summed E-state index contributed by atoms with van der Waals surface area (Å²) in [7, 11) is 0. The largest absolute Gasteiger partial charge is 0.416 e. The molecular weight excluding hydrogens is 329 g/mol. The number of aliphatic hydroxyl groups is 1. The molecule has 126 valence electrons. The maximum Gasteiger partial charge on any atom is 0.416 e. The van der Waals surface area contributed by atoms with Gasteiger partial charge in [0.25, 0.3) is 0 Å². The van der Waals surface area contributed by atoms with Crippen LogP contribution in [0.25, 0.3) is 10.6 Å². The lowest BCUT2D eigenvalue weighted by Gasteiger charge is -2.06. The summed E-state index contributed by atoms with van der Waals surface area (Å²) >= 11 is 1.39. The van der Waals surface area contributed by atoms with Crippen molar-refractivity contribution in [1.29, 1.82) is 0 Å². The van der Waals surface area contributed by atoms with Crippen molar-refractivity contribution in [2.75, 3.05) is 26.4 Å². The van der Waals surface area contributed by atoms with Gasteiger partial charge in [0.15, 0.2) is 0 Å². The van der Waals surface area contributed by atoms with Gasteiger partial charge in [0.1, 0.15) is 5.01 Å². The monoisotopic (exact) mass is 346 g/mol. The average Bonchev–Trinajstić information content (AvgIpc) is 2.99. The number of hydrogen-bond acceptors (Lipinski definition) is 5. The van der Waals surface area contributed by atoms with Gasteiger partial charge >= 0.3 is 6.18 Å². The molecule has 1 aromatic carbocycles. The number of rotatable bonds is 8. The topological polar surface area (TPSA) is 54.4 Å². The summed E-state index contributed by atoms with van der Waals surface area (Å²) in [6, 6.07) is 4.99.